The lowest BCUT2D eigenvalue weighted by Gasteiger charge is -2.26. The molecule has 1 amide bonds. The van der Waals surface area contributed by atoms with Gasteiger partial charge in [0.2, 0.25) is 0 Å². The molecule has 0 bridgehead atoms. The molecule has 0 unspecified atom stereocenters. The van der Waals surface area contributed by atoms with Crippen LogP contribution in [0.5, 0.6) is 5.75 Å². The summed E-state index contributed by atoms with van der Waals surface area (Å²) in [6.45, 7) is 0. The number of carbonyl (C=O) groups excluding carboxylic acids is 1. The quantitative estimate of drug-likeness (QED) is 0.442. The molecule has 1 aromatic heterocycles. The molecule has 1 aliphatic carbocycles. The fourth-order valence-electron chi connectivity index (χ4n) is 4.35. The molecule has 0 radical (unpaired) electrons. The zero-order valence-electron chi connectivity index (χ0n) is 18.0. The fourth-order valence-corrected chi connectivity index (χ4v) is 4.35. The Balaban J connectivity index is 1.31. The first-order valence-corrected chi connectivity index (χ1v) is 10.9. The Labute approximate surface area is 187 Å². The number of H-pyrrole nitrogens is 1. The number of rotatable bonds is 5. The molecule has 2 N–H and O–H groups in total. The van der Waals surface area contributed by atoms with E-state index in [1.807, 2.05) is 60.7 Å². The van der Waals surface area contributed by atoms with Gasteiger partial charge < -0.3 is 10.1 Å². The smallest absolute Gasteiger partial charge is 0.251 e. The summed E-state index contributed by atoms with van der Waals surface area (Å²) in [5, 5.41) is 10.7. The molecule has 0 saturated heterocycles. The molecule has 4 aromatic rings. The van der Waals surface area contributed by atoms with Crippen LogP contribution in [0.15, 0.2) is 78.9 Å². The minimum Gasteiger partial charge on any atom is -0.497 e. The minimum absolute atomic E-state index is 0.0417. The van der Waals surface area contributed by atoms with Crippen LogP contribution in [0.25, 0.3) is 22.5 Å². The van der Waals surface area contributed by atoms with E-state index in [-0.39, 0.29) is 11.9 Å². The Kier molecular flexibility index (Phi) is 5.46. The van der Waals surface area contributed by atoms with E-state index in [2.05, 4.69) is 33.7 Å². The van der Waals surface area contributed by atoms with Crippen LogP contribution in [0, 0.1) is 0 Å². The fraction of sp³-hybridized carbons (Fsp3) is 0.185. The monoisotopic (exact) mass is 423 g/mol. The summed E-state index contributed by atoms with van der Waals surface area (Å²) in [6, 6.07) is 25.9. The lowest BCUT2D eigenvalue weighted by atomic mass is 9.87. The van der Waals surface area contributed by atoms with Crippen LogP contribution in [0.3, 0.4) is 0 Å². The molecule has 5 heteroatoms. The predicted octanol–water partition coefficient (Wildman–Crippen LogP) is 5.56. The highest BCUT2D eigenvalue weighted by atomic mass is 16.5. The standard InChI is InChI=1S/C27H25N3O2/c1-32-22-9-4-8-21(16-22)26-17-25(29-30-26)19-12-14-20(15-13-19)27(31)28-24-11-5-7-18-6-2-3-10-23(18)24/h2-4,6,8-10,12-17,24H,5,7,11H2,1H3,(H,28,31)(H,29,30)/t24-/m1/s1. The van der Waals surface area contributed by atoms with Crippen molar-refractivity contribution >= 4 is 5.91 Å². The number of amides is 1. The molecule has 1 heterocycles. The van der Waals surface area contributed by atoms with Crippen LogP contribution < -0.4 is 10.1 Å². The molecule has 1 aliphatic rings. The van der Waals surface area contributed by atoms with Gasteiger partial charge in [0, 0.05) is 11.1 Å². The Morgan fingerprint density at radius 3 is 2.69 bits per heavy atom. The maximum Gasteiger partial charge on any atom is 0.251 e. The van der Waals surface area contributed by atoms with Crippen LogP contribution in [0.4, 0.5) is 0 Å². The molecule has 32 heavy (non-hydrogen) atoms. The number of benzene rings is 3. The van der Waals surface area contributed by atoms with E-state index < -0.39 is 0 Å². The molecular weight excluding hydrogens is 398 g/mol. The van der Waals surface area contributed by atoms with Crippen LogP contribution >= 0.6 is 0 Å². The first-order chi connectivity index (χ1) is 15.7. The third-order valence-corrected chi connectivity index (χ3v) is 6.08. The van der Waals surface area contributed by atoms with E-state index >= 15 is 0 Å². The second-order valence-corrected chi connectivity index (χ2v) is 8.09. The van der Waals surface area contributed by atoms with Crippen molar-refractivity contribution in [3.8, 4) is 28.3 Å². The van der Waals surface area contributed by atoms with Crippen molar-refractivity contribution in [2.45, 2.75) is 25.3 Å². The molecule has 5 rings (SSSR count). The summed E-state index contributed by atoms with van der Waals surface area (Å²) in [6.07, 6.45) is 3.15. The Morgan fingerprint density at radius 1 is 1.00 bits per heavy atom. The summed E-state index contributed by atoms with van der Waals surface area (Å²) in [4.78, 5) is 12.9. The SMILES string of the molecule is COc1cccc(-c2cc(-c3ccc(C(=O)N[C@@H]4CCCc5ccccc54)cc3)[nH]n2)c1. The number of ether oxygens (including phenoxy) is 1. The molecule has 1 atom stereocenters. The van der Waals surface area contributed by atoms with Crippen molar-refractivity contribution in [2.24, 2.45) is 0 Å². The Morgan fingerprint density at radius 2 is 1.84 bits per heavy atom. The van der Waals surface area contributed by atoms with Crippen molar-refractivity contribution in [1.29, 1.82) is 0 Å². The summed E-state index contributed by atoms with van der Waals surface area (Å²) < 4.78 is 5.30. The highest BCUT2D eigenvalue weighted by Gasteiger charge is 2.21. The average Bonchev–Trinajstić information content (AvgIpc) is 3.35. The van der Waals surface area contributed by atoms with E-state index in [1.54, 1.807) is 7.11 Å². The van der Waals surface area contributed by atoms with Crippen molar-refractivity contribution in [2.75, 3.05) is 7.11 Å². The number of carbonyl (C=O) groups is 1. The summed E-state index contributed by atoms with van der Waals surface area (Å²) in [5.41, 5.74) is 6.94. The van der Waals surface area contributed by atoms with Gasteiger partial charge in [0.15, 0.2) is 0 Å². The van der Waals surface area contributed by atoms with Crippen LogP contribution in [0.2, 0.25) is 0 Å². The lowest BCUT2D eigenvalue weighted by Crippen LogP contribution is -2.30. The van der Waals surface area contributed by atoms with Gasteiger partial charge in [-0.15, -0.1) is 0 Å². The number of aromatic nitrogens is 2. The Bertz CT molecular complexity index is 1240. The highest BCUT2D eigenvalue weighted by molar-refractivity contribution is 5.95. The number of hydrogen-bond donors (Lipinski definition) is 2. The van der Waals surface area contributed by atoms with E-state index in [9.17, 15) is 4.79 Å². The molecule has 0 fully saturated rings. The molecule has 0 aliphatic heterocycles. The van der Waals surface area contributed by atoms with E-state index in [0.717, 1.165) is 47.5 Å². The molecule has 3 aromatic carbocycles. The van der Waals surface area contributed by atoms with Gasteiger partial charge in [0.1, 0.15) is 5.75 Å². The second-order valence-electron chi connectivity index (χ2n) is 8.09. The second kappa shape index (κ2) is 8.71. The number of hydrogen-bond acceptors (Lipinski definition) is 3. The number of fused-ring (bicyclic) bond motifs is 1. The predicted molar refractivity (Wildman–Crippen MR) is 126 cm³/mol. The molecular formula is C27H25N3O2. The first kappa shape index (κ1) is 20.1. The van der Waals surface area contributed by atoms with Crippen molar-refractivity contribution in [3.63, 3.8) is 0 Å². The summed E-state index contributed by atoms with van der Waals surface area (Å²) in [5.74, 6) is 0.753. The topological polar surface area (TPSA) is 67.0 Å². The van der Waals surface area contributed by atoms with Crippen molar-refractivity contribution < 1.29 is 9.53 Å². The average molecular weight is 424 g/mol. The van der Waals surface area contributed by atoms with E-state index in [1.165, 1.54) is 11.1 Å². The maximum absolute atomic E-state index is 12.9. The van der Waals surface area contributed by atoms with E-state index in [4.69, 9.17) is 4.74 Å². The maximum atomic E-state index is 12.9. The number of methoxy groups -OCH3 is 1. The number of aryl methyl sites for hydroxylation is 1. The normalized spacial score (nSPS) is 15.1. The Hall–Kier alpha value is -3.86. The lowest BCUT2D eigenvalue weighted by molar-refractivity contribution is 0.0933. The number of nitrogens with one attached hydrogen (secondary N) is 2. The largest absolute Gasteiger partial charge is 0.497 e. The zero-order chi connectivity index (χ0) is 21.9. The van der Waals surface area contributed by atoms with Crippen LogP contribution in [-0.4, -0.2) is 23.2 Å². The van der Waals surface area contributed by atoms with Gasteiger partial charge >= 0.3 is 0 Å². The molecule has 0 saturated carbocycles. The van der Waals surface area contributed by atoms with Gasteiger partial charge in [0.05, 0.1) is 24.5 Å². The molecule has 0 spiro atoms. The molecule has 5 nitrogen and oxygen atoms in total. The van der Waals surface area contributed by atoms with Crippen molar-refractivity contribution in [3.05, 3.63) is 95.6 Å². The van der Waals surface area contributed by atoms with Gasteiger partial charge in [-0.1, -0.05) is 48.5 Å². The van der Waals surface area contributed by atoms with Crippen LogP contribution in [0.1, 0.15) is 40.4 Å². The van der Waals surface area contributed by atoms with Gasteiger partial charge in [-0.25, -0.2) is 0 Å². The number of nitrogens with zero attached hydrogens (tertiary/aromatic N) is 1. The zero-order valence-corrected chi connectivity index (χ0v) is 18.0. The summed E-state index contributed by atoms with van der Waals surface area (Å²) >= 11 is 0. The van der Waals surface area contributed by atoms with Gasteiger partial charge in [-0.2, -0.15) is 5.10 Å². The van der Waals surface area contributed by atoms with Gasteiger partial charge in [-0.05, 0) is 66.3 Å². The van der Waals surface area contributed by atoms with Gasteiger partial charge in [0.25, 0.3) is 5.91 Å². The summed E-state index contributed by atoms with van der Waals surface area (Å²) in [7, 11) is 1.65. The highest BCUT2D eigenvalue weighted by Crippen LogP contribution is 2.30. The van der Waals surface area contributed by atoms with Crippen molar-refractivity contribution in [1.82, 2.24) is 15.5 Å². The van der Waals surface area contributed by atoms with Crippen LogP contribution in [-0.2, 0) is 6.42 Å². The molecule has 160 valence electrons. The third-order valence-electron chi connectivity index (χ3n) is 6.08. The first-order valence-electron chi connectivity index (χ1n) is 10.9. The number of aromatic amines is 1. The third kappa shape index (κ3) is 4.02. The van der Waals surface area contributed by atoms with E-state index in [0.29, 0.717) is 5.56 Å². The minimum atomic E-state index is -0.0417. The van der Waals surface area contributed by atoms with Gasteiger partial charge in [-0.3, -0.25) is 9.89 Å².